The van der Waals surface area contributed by atoms with Crippen LogP contribution in [-0.2, 0) is 52.3 Å². The lowest BCUT2D eigenvalue weighted by Crippen LogP contribution is -2.60. The summed E-state index contributed by atoms with van der Waals surface area (Å²) in [5.41, 5.74) is -2.49. The van der Waals surface area contributed by atoms with Crippen molar-refractivity contribution in [2.75, 3.05) is 34.9 Å². The first-order valence-electron chi connectivity index (χ1n) is 20.2. The molecule has 15 atom stereocenters. The van der Waals surface area contributed by atoms with Gasteiger partial charge in [-0.1, -0.05) is 52.0 Å². The number of Topliss-reactive ketones (excluding diaryl/α,β-unsaturated/α-hetero) is 1. The lowest BCUT2D eigenvalue weighted by Gasteiger charge is -2.48. The number of hydrogen-bond acceptors (Lipinski definition) is 15. The molecule has 1 aromatic rings. The molecule has 3 saturated heterocycles. The van der Waals surface area contributed by atoms with Crippen molar-refractivity contribution in [3.05, 3.63) is 42.5 Å². The van der Waals surface area contributed by atoms with Crippen LogP contribution in [0.2, 0.25) is 0 Å². The van der Waals surface area contributed by atoms with Gasteiger partial charge in [-0.2, -0.15) is 0 Å². The number of benzene rings is 1. The van der Waals surface area contributed by atoms with Gasteiger partial charge in [0, 0.05) is 30.6 Å². The van der Waals surface area contributed by atoms with E-state index in [9.17, 15) is 24.3 Å². The van der Waals surface area contributed by atoms with E-state index in [1.54, 1.807) is 72.7 Å². The van der Waals surface area contributed by atoms with Gasteiger partial charge in [0.15, 0.2) is 24.1 Å². The standard InChI is InChI=1S/C43H65NO14/c1-14-20-52-35(28-18-16-17-19-30(28)50-12)39(48)55-34-26(6)36(56-40-33(46)29(44(10)11)21-24(4)53-40)42(8,51-13)22-23(3)32(45)25(5)37-43(9,58-41(49)57-37)31(15-2)54-38(47)27(34)7/h14,16-19,23-27,29,31,33-37,40,46H,1,15,20-22H2,2-13H3/t23-,24-,25-,26+,27-,29+,31+,33-,34-,35?,36-,37-,40+,42+,43-/m1/s1. The highest BCUT2D eigenvalue weighted by atomic mass is 16.8. The fraction of sp³-hybridized carbons (Fsp3) is 0.721. The third-order valence-electron chi connectivity index (χ3n) is 12.2. The monoisotopic (exact) mass is 819 g/mol. The number of aliphatic hydroxyl groups excluding tert-OH is 1. The molecule has 326 valence electrons. The summed E-state index contributed by atoms with van der Waals surface area (Å²) < 4.78 is 54.9. The van der Waals surface area contributed by atoms with Gasteiger partial charge < -0.3 is 52.6 Å². The molecule has 3 fully saturated rings. The van der Waals surface area contributed by atoms with Crippen molar-refractivity contribution in [1.82, 2.24) is 4.90 Å². The first-order valence-corrected chi connectivity index (χ1v) is 20.2. The second-order valence-corrected chi connectivity index (χ2v) is 16.6. The molecule has 3 aliphatic rings. The van der Waals surface area contributed by atoms with Gasteiger partial charge in [0.1, 0.15) is 29.8 Å². The molecule has 0 spiro atoms. The number of para-hydroxylation sites is 1. The van der Waals surface area contributed by atoms with Crippen LogP contribution in [-0.4, -0.2) is 129 Å². The van der Waals surface area contributed by atoms with Crippen molar-refractivity contribution < 1.29 is 66.9 Å². The number of likely N-dealkylation sites (N-methyl/N-ethyl adjacent to an activating group) is 1. The van der Waals surface area contributed by atoms with Crippen LogP contribution in [0.1, 0.15) is 86.3 Å². The fourth-order valence-corrected chi connectivity index (χ4v) is 8.93. The normalized spacial score (nSPS) is 38.1. The summed E-state index contributed by atoms with van der Waals surface area (Å²) in [6.45, 7) is 17.4. The molecular formula is C43H65NO14. The van der Waals surface area contributed by atoms with Crippen LogP contribution in [0.25, 0.3) is 0 Å². The Balaban J connectivity index is 1.91. The average Bonchev–Trinajstić information content (AvgIpc) is 3.51. The molecule has 0 aliphatic carbocycles. The van der Waals surface area contributed by atoms with E-state index in [1.165, 1.54) is 20.3 Å². The van der Waals surface area contributed by atoms with Crippen molar-refractivity contribution in [2.45, 2.75) is 141 Å². The SMILES string of the molecule is C=CCOC(C(=O)O[C@@H]1[C@H](C)[C@@H](O[C@@H]2O[C@H](C)C[C@H](N(C)C)[C@H]2O)[C@@](C)(OC)C[C@@H](C)C(=O)[C@@H](C)[C@H]2OC(=O)O[C@]2(C)[C@H](CC)OC(=O)[C@@H]1C)c1ccccc1OC. The zero-order valence-electron chi connectivity index (χ0n) is 36.1. The number of methoxy groups -OCH3 is 2. The van der Waals surface area contributed by atoms with Crippen LogP contribution in [0.4, 0.5) is 4.79 Å². The molecule has 1 aromatic carbocycles. The molecular weight excluding hydrogens is 754 g/mol. The van der Waals surface area contributed by atoms with E-state index in [2.05, 4.69) is 6.58 Å². The van der Waals surface area contributed by atoms with Crippen molar-refractivity contribution in [2.24, 2.45) is 23.7 Å². The summed E-state index contributed by atoms with van der Waals surface area (Å²) in [4.78, 5) is 58.0. The summed E-state index contributed by atoms with van der Waals surface area (Å²) in [7, 11) is 6.66. The summed E-state index contributed by atoms with van der Waals surface area (Å²) >= 11 is 0. The Hall–Kier alpha value is -3.60. The molecule has 0 saturated carbocycles. The van der Waals surface area contributed by atoms with E-state index >= 15 is 0 Å². The first-order chi connectivity index (χ1) is 27.3. The molecule has 0 radical (unpaired) electrons. The van der Waals surface area contributed by atoms with E-state index in [1.807, 2.05) is 25.9 Å². The lowest BCUT2D eigenvalue weighted by atomic mass is 9.74. The molecule has 4 rings (SSSR count). The number of nitrogens with zero attached hydrogens (tertiary/aromatic N) is 1. The van der Waals surface area contributed by atoms with Gasteiger partial charge in [0.25, 0.3) is 0 Å². The van der Waals surface area contributed by atoms with E-state index in [0.29, 0.717) is 17.7 Å². The molecule has 15 heteroatoms. The molecule has 0 amide bonds. The Morgan fingerprint density at radius 2 is 1.72 bits per heavy atom. The van der Waals surface area contributed by atoms with Crippen molar-refractivity contribution >= 4 is 23.9 Å². The summed E-state index contributed by atoms with van der Waals surface area (Å²) in [6.07, 6.45) is -7.17. The molecule has 1 N–H and O–H groups in total. The van der Waals surface area contributed by atoms with Crippen LogP contribution in [0.3, 0.4) is 0 Å². The Morgan fingerprint density at radius 1 is 1.05 bits per heavy atom. The van der Waals surface area contributed by atoms with Gasteiger partial charge in [-0.05, 0) is 67.1 Å². The molecule has 15 nitrogen and oxygen atoms in total. The number of rotatable bonds is 12. The van der Waals surface area contributed by atoms with Gasteiger partial charge >= 0.3 is 18.1 Å². The van der Waals surface area contributed by atoms with E-state index in [0.717, 1.165) is 0 Å². The second-order valence-electron chi connectivity index (χ2n) is 16.6. The van der Waals surface area contributed by atoms with Crippen LogP contribution in [0.15, 0.2) is 36.9 Å². The van der Waals surface area contributed by atoms with E-state index < -0.39 is 95.9 Å². The maximum absolute atomic E-state index is 14.5. The van der Waals surface area contributed by atoms with Crippen LogP contribution in [0, 0.1) is 23.7 Å². The minimum absolute atomic E-state index is 0.0195. The van der Waals surface area contributed by atoms with Gasteiger partial charge in [0.05, 0.1) is 43.4 Å². The number of aliphatic hydroxyl groups is 1. The highest BCUT2D eigenvalue weighted by Gasteiger charge is 2.59. The summed E-state index contributed by atoms with van der Waals surface area (Å²) in [6, 6.07) is 6.51. The Bertz CT molecular complexity index is 1600. The number of ether oxygens (including phenoxy) is 9. The second kappa shape index (κ2) is 19.6. The highest BCUT2D eigenvalue weighted by Crippen LogP contribution is 2.43. The third-order valence-corrected chi connectivity index (χ3v) is 12.2. The van der Waals surface area contributed by atoms with E-state index in [4.69, 9.17) is 42.6 Å². The van der Waals surface area contributed by atoms with Crippen LogP contribution >= 0.6 is 0 Å². The average molecular weight is 820 g/mol. The predicted molar refractivity (Wildman–Crippen MR) is 211 cm³/mol. The van der Waals surface area contributed by atoms with Gasteiger partial charge in [-0.25, -0.2) is 9.59 Å². The van der Waals surface area contributed by atoms with Crippen molar-refractivity contribution in [1.29, 1.82) is 0 Å². The Kier molecular flexibility index (Phi) is 15.9. The zero-order valence-corrected chi connectivity index (χ0v) is 36.1. The van der Waals surface area contributed by atoms with E-state index in [-0.39, 0.29) is 37.4 Å². The van der Waals surface area contributed by atoms with Crippen molar-refractivity contribution in [3.8, 4) is 5.75 Å². The lowest BCUT2D eigenvalue weighted by molar-refractivity contribution is -0.302. The molecule has 3 aliphatic heterocycles. The summed E-state index contributed by atoms with van der Waals surface area (Å²) in [5.74, 6) is -5.17. The molecule has 0 bridgehead atoms. The number of cyclic esters (lactones) is 1. The first kappa shape index (κ1) is 47.1. The Morgan fingerprint density at radius 3 is 2.33 bits per heavy atom. The molecule has 58 heavy (non-hydrogen) atoms. The van der Waals surface area contributed by atoms with Crippen LogP contribution < -0.4 is 4.74 Å². The minimum atomic E-state index is -1.53. The molecule has 1 unspecified atom stereocenters. The van der Waals surface area contributed by atoms with Gasteiger partial charge in [0.2, 0.25) is 0 Å². The van der Waals surface area contributed by atoms with Crippen LogP contribution in [0.5, 0.6) is 5.75 Å². The smallest absolute Gasteiger partial charge is 0.496 e. The topological polar surface area (TPSA) is 175 Å². The Labute approximate surface area is 342 Å². The molecule has 0 aromatic heterocycles. The number of carbonyl (C=O) groups is 4. The number of hydrogen-bond donors (Lipinski definition) is 1. The van der Waals surface area contributed by atoms with Gasteiger partial charge in [-0.15, -0.1) is 6.58 Å². The van der Waals surface area contributed by atoms with Gasteiger partial charge in [-0.3, -0.25) is 9.59 Å². The number of fused-ring (bicyclic) bond motifs is 1. The third kappa shape index (κ3) is 9.88. The quantitative estimate of drug-likeness (QED) is 0.165. The summed E-state index contributed by atoms with van der Waals surface area (Å²) in [5, 5.41) is 11.7. The number of carbonyl (C=O) groups excluding carboxylic acids is 4. The number of esters is 2. The highest BCUT2D eigenvalue weighted by molar-refractivity contribution is 5.84. The van der Waals surface area contributed by atoms with Crippen molar-refractivity contribution in [3.63, 3.8) is 0 Å². The maximum atomic E-state index is 14.5. The molecule has 3 heterocycles. The predicted octanol–water partition coefficient (Wildman–Crippen LogP) is 5.20. The number of ketones is 1. The minimum Gasteiger partial charge on any atom is -0.496 e. The largest absolute Gasteiger partial charge is 0.509 e. The zero-order chi connectivity index (χ0) is 43.3. The maximum Gasteiger partial charge on any atom is 0.509 e. The fourth-order valence-electron chi connectivity index (χ4n) is 8.93.